The zero-order valence-corrected chi connectivity index (χ0v) is 15.6. The molecule has 1 N–H and O–H groups in total. The number of hydrogen-bond acceptors (Lipinski definition) is 4. The van der Waals surface area contributed by atoms with Crippen molar-refractivity contribution in [2.45, 2.75) is 46.3 Å². The largest absolute Gasteiger partial charge is 0.444 e. The summed E-state index contributed by atoms with van der Waals surface area (Å²) in [6, 6.07) is 2.11. The van der Waals surface area contributed by atoms with E-state index in [1.54, 1.807) is 16.2 Å². The van der Waals surface area contributed by atoms with Crippen LogP contribution in [0.5, 0.6) is 0 Å². The highest BCUT2D eigenvalue weighted by Crippen LogP contribution is 2.19. The zero-order chi connectivity index (χ0) is 15.9. The molecule has 0 aromatic carbocycles. The molecule has 0 spiro atoms. The van der Waals surface area contributed by atoms with Gasteiger partial charge in [-0.05, 0) is 49.2 Å². The van der Waals surface area contributed by atoms with Gasteiger partial charge in [-0.15, -0.1) is 11.3 Å². The number of ether oxygens (including phenoxy) is 1. The third kappa shape index (κ3) is 7.83. The monoisotopic (exact) mass is 376 g/mol. The van der Waals surface area contributed by atoms with Crippen molar-refractivity contribution in [1.29, 1.82) is 0 Å². The van der Waals surface area contributed by atoms with E-state index in [9.17, 15) is 4.79 Å². The van der Waals surface area contributed by atoms with E-state index in [0.717, 1.165) is 30.5 Å². The summed E-state index contributed by atoms with van der Waals surface area (Å²) in [6.45, 7) is 10.7. The molecule has 0 saturated heterocycles. The molecule has 0 aliphatic heterocycles. The van der Waals surface area contributed by atoms with Gasteiger partial charge in [0.05, 0.1) is 0 Å². The van der Waals surface area contributed by atoms with E-state index in [0.29, 0.717) is 6.54 Å². The molecule has 1 heterocycles. The van der Waals surface area contributed by atoms with Crippen LogP contribution in [0.1, 0.15) is 39.0 Å². The molecule has 1 aromatic heterocycles. The highest BCUT2D eigenvalue weighted by atomic mass is 79.9. The molecular weight excluding hydrogens is 352 g/mol. The summed E-state index contributed by atoms with van der Waals surface area (Å²) in [6.07, 6.45) is 0.696. The van der Waals surface area contributed by atoms with Gasteiger partial charge in [-0.25, -0.2) is 4.79 Å². The first-order valence-corrected chi connectivity index (χ1v) is 8.90. The highest BCUT2D eigenvalue weighted by Gasteiger charge is 2.21. The standard InChI is InChI=1S/C15H25BrN2O2S/c1-5-7-18(14(19)20-15(2,3)4)8-6-17-10-13-9-12(16)11-21-13/h9,11,17H,5-8,10H2,1-4H3. The predicted molar refractivity (Wildman–Crippen MR) is 91.8 cm³/mol. The van der Waals surface area contributed by atoms with Crippen LogP contribution in [0.3, 0.4) is 0 Å². The summed E-state index contributed by atoms with van der Waals surface area (Å²) in [5.41, 5.74) is -0.445. The van der Waals surface area contributed by atoms with Gasteiger partial charge in [0.2, 0.25) is 0 Å². The fourth-order valence-corrected chi connectivity index (χ4v) is 3.18. The van der Waals surface area contributed by atoms with E-state index >= 15 is 0 Å². The summed E-state index contributed by atoms with van der Waals surface area (Å²) in [7, 11) is 0. The van der Waals surface area contributed by atoms with Crippen molar-refractivity contribution >= 4 is 33.4 Å². The first-order chi connectivity index (χ1) is 9.81. The van der Waals surface area contributed by atoms with Gasteiger partial charge < -0.3 is 15.0 Å². The Morgan fingerprint density at radius 1 is 1.43 bits per heavy atom. The van der Waals surface area contributed by atoms with Gasteiger partial charge in [-0.1, -0.05) is 6.92 Å². The number of rotatable bonds is 7. The molecule has 0 radical (unpaired) electrons. The molecule has 120 valence electrons. The van der Waals surface area contributed by atoms with Crippen LogP contribution in [0.25, 0.3) is 0 Å². The normalized spacial score (nSPS) is 11.5. The van der Waals surface area contributed by atoms with Crippen LogP contribution in [-0.2, 0) is 11.3 Å². The Balaban J connectivity index is 2.35. The number of carbonyl (C=O) groups is 1. The maximum absolute atomic E-state index is 12.1. The molecule has 4 nitrogen and oxygen atoms in total. The van der Waals surface area contributed by atoms with Crippen molar-refractivity contribution in [3.63, 3.8) is 0 Å². The topological polar surface area (TPSA) is 41.6 Å². The van der Waals surface area contributed by atoms with Gasteiger partial charge in [-0.3, -0.25) is 0 Å². The summed E-state index contributed by atoms with van der Waals surface area (Å²) in [5.74, 6) is 0. The summed E-state index contributed by atoms with van der Waals surface area (Å²) in [4.78, 5) is 15.1. The van der Waals surface area contributed by atoms with Crippen molar-refractivity contribution in [3.05, 3.63) is 20.8 Å². The van der Waals surface area contributed by atoms with Crippen molar-refractivity contribution in [1.82, 2.24) is 10.2 Å². The number of halogens is 1. The second-order valence-corrected chi connectivity index (χ2v) is 7.79. The first-order valence-electron chi connectivity index (χ1n) is 7.23. The van der Waals surface area contributed by atoms with Gasteiger partial charge in [0.1, 0.15) is 5.60 Å². The Labute approximate surface area is 140 Å². The van der Waals surface area contributed by atoms with Crippen molar-refractivity contribution in [3.8, 4) is 0 Å². The lowest BCUT2D eigenvalue weighted by atomic mass is 10.2. The van der Waals surface area contributed by atoms with E-state index in [1.165, 1.54) is 4.88 Å². The third-order valence-electron chi connectivity index (χ3n) is 2.62. The van der Waals surface area contributed by atoms with Gasteiger partial charge in [0.25, 0.3) is 0 Å². The zero-order valence-electron chi connectivity index (χ0n) is 13.2. The number of amides is 1. The van der Waals surface area contributed by atoms with Gasteiger partial charge >= 0.3 is 6.09 Å². The van der Waals surface area contributed by atoms with E-state index in [-0.39, 0.29) is 6.09 Å². The molecule has 1 aromatic rings. The molecule has 1 amide bonds. The van der Waals surface area contributed by atoms with E-state index in [2.05, 4.69) is 39.6 Å². The average molecular weight is 377 g/mol. The Hall–Kier alpha value is -0.590. The van der Waals surface area contributed by atoms with Crippen LogP contribution in [-0.4, -0.2) is 36.2 Å². The highest BCUT2D eigenvalue weighted by molar-refractivity contribution is 9.10. The summed E-state index contributed by atoms with van der Waals surface area (Å²) >= 11 is 5.16. The van der Waals surface area contributed by atoms with Crippen LogP contribution >= 0.6 is 27.3 Å². The smallest absolute Gasteiger partial charge is 0.410 e. The molecule has 0 atom stereocenters. The lowest BCUT2D eigenvalue weighted by Crippen LogP contribution is -2.40. The maximum Gasteiger partial charge on any atom is 0.410 e. The minimum atomic E-state index is -0.445. The minimum absolute atomic E-state index is 0.231. The molecule has 0 aliphatic rings. The second kappa shape index (κ2) is 8.76. The Bertz CT molecular complexity index is 443. The van der Waals surface area contributed by atoms with Crippen molar-refractivity contribution in [2.24, 2.45) is 0 Å². The fourth-order valence-electron chi connectivity index (χ4n) is 1.76. The second-order valence-electron chi connectivity index (χ2n) is 5.88. The first kappa shape index (κ1) is 18.5. The predicted octanol–water partition coefficient (Wildman–Crippen LogP) is 4.25. The van der Waals surface area contributed by atoms with Crippen molar-refractivity contribution < 1.29 is 9.53 Å². The van der Waals surface area contributed by atoms with Crippen LogP contribution in [0.15, 0.2) is 15.9 Å². The van der Waals surface area contributed by atoms with E-state index in [4.69, 9.17) is 4.74 Å². The molecule has 0 bridgehead atoms. The fraction of sp³-hybridized carbons (Fsp3) is 0.667. The van der Waals surface area contributed by atoms with E-state index in [1.807, 2.05) is 20.8 Å². The number of nitrogens with one attached hydrogen (secondary N) is 1. The van der Waals surface area contributed by atoms with Crippen LogP contribution < -0.4 is 5.32 Å². The minimum Gasteiger partial charge on any atom is -0.444 e. The Kier molecular flexibility index (Phi) is 7.70. The van der Waals surface area contributed by atoms with Gasteiger partial charge in [-0.2, -0.15) is 0 Å². The van der Waals surface area contributed by atoms with Crippen molar-refractivity contribution in [2.75, 3.05) is 19.6 Å². The third-order valence-corrected chi connectivity index (χ3v) is 4.32. The Morgan fingerprint density at radius 3 is 2.67 bits per heavy atom. The van der Waals surface area contributed by atoms with Gasteiger partial charge in [0.15, 0.2) is 0 Å². The van der Waals surface area contributed by atoms with Crippen LogP contribution in [0.2, 0.25) is 0 Å². The molecule has 0 unspecified atom stereocenters. The molecule has 1 rings (SSSR count). The number of carbonyl (C=O) groups excluding carboxylic acids is 1. The lowest BCUT2D eigenvalue weighted by molar-refractivity contribution is 0.0252. The lowest BCUT2D eigenvalue weighted by Gasteiger charge is -2.27. The SMILES string of the molecule is CCCN(CCNCc1cc(Br)cs1)C(=O)OC(C)(C)C. The van der Waals surface area contributed by atoms with Crippen LogP contribution in [0, 0.1) is 0 Å². The summed E-state index contributed by atoms with van der Waals surface area (Å²) < 4.78 is 6.54. The molecule has 0 aliphatic carbocycles. The molecule has 6 heteroatoms. The number of nitrogens with zero attached hydrogens (tertiary/aromatic N) is 1. The molecule has 0 fully saturated rings. The molecule has 21 heavy (non-hydrogen) atoms. The number of hydrogen-bond donors (Lipinski definition) is 1. The van der Waals surface area contributed by atoms with E-state index < -0.39 is 5.60 Å². The quantitative estimate of drug-likeness (QED) is 0.723. The summed E-state index contributed by atoms with van der Waals surface area (Å²) in [5, 5.41) is 5.43. The Morgan fingerprint density at radius 2 is 2.14 bits per heavy atom. The molecular formula is C15H25BrN2O2S. The number of thiophene rings is 1. The molecule has 0 saturated carbocycles. The van der Waals surface area contributed by atoms with Crippen LogP contribution in [0.4, 0.5) is 4.79 Å². The van der Waals surface area contributed by atoms with Gasteiger partial charge in [0, 0.05) is 40.9 Å². The average Bonchev–Trinajstić information content (AvgIpc) is 2.77. The maximum atomic E-state index is 12.1.